The monoisotopic (exact) mass is 202 g/mol. The first-order valence-electron chi connectivity index (χ1n) is 5.14. The molecule has 1 heterocycles. The van der Waals surface area contributed by atoms with Gasteiger partial charge in [0, 0.05) is 19.0 Å². The minimum Gasteiger partial charge on any atom is -0.384 e. The van der Waals surface area contributed by atoms with Crippen molar-refractivity contribution in [2.45, 2.75) is 25.7 Å². The van der Waals surface area contributed by atoms with E-state index in [0.717, 1.165) is 12.8 Å². The van der Waals surface area contributed by atoms with Crippen LogP contribution in [0.15, 0.2) is 30.0 Å². The van der Waals surface area contributed by atoms with Crippen molar-refractivity contribution in [3.8, 4) is 0 Å². The van der Waals surface area contributed by atoms with Crippen molar-refractivity contribution in [3.63, 3.8) is 0 Å². The first kappa shape index (κ1) is 9.90. The molecule has 0 atom stereocenters. The van der Waals surface area contributed by atoms with Crippen LogP contribution in [0.4, 0.5) is 5.82 Å². The summed E-state index contributed by atoms with van der Waals surface area (Å²) in [6.07, 6.45) is 6.82. The molecule has 3 nitrogen and oxygen atoms in total. The van der Waals surface area contributed by atoms with Gasteiger partial charge in [-0.2, -0.15) is 0 Å². The first-order chi connectivity index (χ1) is 7.24. The fraction of sp³-hybridized carbons (Fsp3) is 0.333. The summed E-state index contributed by atoms with van der Waals surface area (Å²) >= 11 is 0. The Hall–Kier alpha value is -1.64. The summed E-state index contributed by atoms with van der Waals surface area (Å²) in [4.78, 5) is 15.0. The Bertz CT molecular complexity index is 410. The van der Waals surface area contributed by atoms with E-state index >= 15 is 0 Å². The second-order valence-electron chi connectivity index (χ2n) is 3.87. The molecule has 0 spiro atoms. The van der Waals surface area contributed by atoms with E-state index < -0.39 is 0 Å². The Morgan fingerprint density at radius 3 is 2.93 bits per heavy atom. The summed E-state index contributed by atoms with van der Waals surface area (Å²) in [5.74, 6) is 0.896. The Kier molecular flexibility index (Phi) is 2.81. The van der Waals surface area contributed by atoms with Crippen molar-refractivity contribution in [1.82, 2.24) is 4.98 Å². The van der Waals surface area contributed by atoms with Crippen LogP contribution in [-0.2, 0) is 11.2 Å². The molecule has 0 radical (unpaired) electrons. The topological polar surface area (TPSA) is 56.0 Å². The van der Waals surface area contributed by atoms with E-state index in [1.165, 1.54) is 11.1 Å². The number of hydrogen-bond donors (Lipinski definition) is 1. The van der Waals surface area contributed by atoms with Crippen LogP contribution in [-0.4, -0.2) is 10.8 Å². The molecule has 1 aliphatic rings. The second-order valence-corrected chi connectivity index (χ2v) is 3.87. The van der Waals surface area contributed by atoms with Gasteiger partial charge in [0.25, 0.3) is 0 Å². The normalized spacial score (nSPS) is 16.3. The highest BCUT2D eigenvalue weighted by Crippen LogP contribution is 2.19. The zero-order valence-corrected chi connectivity index (χ0v) is 8.57. The van der Waals surface area contributed by atoms with Gasteiger partial charge in [0.15, 0.2) is 0 Å². The average Bonchev–Trinajstić information content (AvgIpc) is 2.22. The number of pyridine rings is 1. The Morgan fingerprint density at radius 2 is 2.27 bits per heavy atom. The number of carbonyl (C=O) groups is 1. The number of allylic oxidation sites excluding steroid dienone is 2. The van der Waals surface area contributed by atoms with Crippen LogP contribution in [0.3, 0.4) is 0 Å². The predicted octanol–water partition coefficient (Wildman–Crippen LogP) is 1.89. The van der Waals surface area contributed by atoms with Gasteiger partial charge >= 0.3 is 0 Å². The van der Waals surface area contributed by atoms with Crippen LogP contribution in [0.2, 0.25) is 0 Å². The lowest BCUT2D eigenvalue weighted by Gasteiger charge is -2.12. The van der Waals surface area contributed by atoms with Gasteiger partial charge in [0.2, 0.25) is 0 Å². The zero-order valence-electron chi connectivity index (χ0n) is 8.57. The number of nitrogens with zero attached hydrogens (tertiary/aromatic N) is 1. The maximum atomic E-state index is 11.0. The van der Waals surface area contributed by atoms with Gasteiger partial charge in [-0.1, -0.05) is 11.6 Å². The van der Waals surface area contributed by atoms with Crippen LogP contribution in [0.25, 0.3) is 0 Å². The summed E-state index contributed by atoms with van der Waals surface area (Å²) in [5, 5.41) is 0. The highest BCUT2D eigenvalue weighted by atomic mass is 16.1. The maximum Gasteiger partial charge on any atom is 0.136 e. The molecule has 3 heteroatoms. The van der Waals surface area contributed by atoms with Gasteiger partial charge < -0.3 is 5.73 Å². The van der Waals surface area contributed by atoms with Gasteiger partial charge in [0.1, 0.15) is 11.6 Å². The van der Waals surface area contributed by atoms with E-state index in [4.69, 9.17) is 5.73 Å². The molecule has 0 bridgehead atoms. The fourth-order valence-corrected chi connectivity index (χ4v) is 1.79. The lowest BCUT2D eigenvalue weighted by atomic mass is 9.94. The molecule has 0 saturated heterocycles. The quantitative estimate of drug-likeness (QED) is 0.745. The molecule has 2 rings (SSSR count). The van der Waals surface area contributed by atoms with E-state index in [1.54, 1.807) is 6.20 Å². The molecule has 1 aromatic rings. The van der Waals surface area contributed by atoms with Crippen molar-refractivity contribution in [1.29, 1.82) is 0 Å². The molecule has 0 saturated carbocycles. The average molecular weight is 202 g/mol. The molecule has 0 aliphatic heterocycles. The first-order valence-corrected chi connectivity index (χ1v) is 5.14. The molecular formula is C12H14N2O. The summed E-state index contributed by atoms with van der Waals surface area (Å²) in [6, 6.07) is 3.85. The van der Waals surface area contributed by atoms with Crippen molar-refractivity contribution in [3.05, 3.63) is 35.5 Å². The van der Waals surface area contributed by atoms with Gasteiger partial charge in [-0.25, -0.2) is 4.98 Å². The van der Waals surface area contributed by atoms with E-state index in [2.05, 4.69) is 4.98 Å². The minimum atomic E-state index is 0.341. The Morgan fingerprint density at radius 1 is 1.40 bits per heavy atom. The fourth-order valence-electron chi connectivity index (χ4n) is 1.79. The second kappa shape index (κ2) is 4.26. The Labute approximate surface area is 89.0 Å². The van der Waals surface area contributed by atoms with Gasteiger partial charge in [-0.3, -0.25) is 4.79 Å². The zero-order chi connectivity index (χ0) is 10.7. The lowest BCUT2D eigenvalue weighted by Crippen LogP contribution is -2.05. The third kappa shape index (κ3) is 2.65. The van der Waals surface area contributed by atoms with Crippen LogP contribution >= 0.6 is 0 Å². The molecule has 15 heavy (non-hydrogen) atoms. The molecule has 0 amide bonds. The molecule has 1 aromatic heterocycles. The number of hydrogen-bond acceptors (Lipinski definition) is 3. The number of ketones is 1. The molecular weight excluding hydrogens is 188 g/mol. The number of aromatic nitrogens is 1. The van der Waals surface area contributed by atoms with Crippen molar-refractivity contribution < 1.29 is 4.79 Å². The third-order valence-electron chi connectivity index (χ3n) is 2.62. The molecule has 78 valence electrons. The smallest absolute Gasteiger partial charge is 0.136 e. The predicted molar refractivity (Wildman–Crippen MR) is 59.3 cm³/mol. The molecule has 2 N–H and O–H groups in total. The number of Topliss-reactive ketones (excluding diaryl/α,β-unsaturated/α-hetero) is 1. The van der Waals surface area contributed by atoms with E-state index in [0.29, 0.717) is 24.4 Å². The van der Waals surface area contributed by atoms with E-state index in [-0.39, 0.29) is 0 Å². The number of nitrogen functional groups attached to an aromatic ring is 1. The van der Waals surface area contributed by atoms with E-state index in [9.17, 15) is 4.79 Å². The summed E-state index contributed by atoms with van der Waals surface area (Å²) in [5.41, 5.74) is 8.10. The van der Waals surface area contributed by atoms with Gasteiger partial charge in [0.05, 0.1) is 0 Å². The van der Waals surface area contributed by atoms with Gasteiger partial charge in [-0.15, -0.1) is 0 Å². The number of carbonyl (C=O) groups excluding carboxylic acids is 1. The van der Waals surface area contributed by atoms with Crippen LogP contribution in [0.5, 0.6) is 0 Å². The molecule has 0 unspecified atom stereocenters. The summed E-state index contributed by atoms with van der Waals surface area (Å²) in [7, 11) is 0. The number of rotatable bonds is 2. The van der Waals surface area contributed by atoms with Crippen LogP contribution in [0, 0.1) is 0 Å². The highest BCUT2D eigenvalue weighted by molar-refractivity contribution is 5.81. The van der Waals surface area contributed by atoms with Gasteiger partial charge in [-0.05, 0) is 30.5 Å². The lowest BCUT2D eigenvalue weighted by molar-refractivity contribution is -0.118. The number of anilines is 1. The summed E-state index contributed by atoms with van der Waals surface area (Å²) in [6.45, 7) is 0. The molecule has 0 fully saturated rings. The molecule has 1 aliphatic carbocycles. The number of nitrogens with two attached hydrogens (primary N) is 1. The van der Waals surface area contributed by atoms with Crippen LogP contribution in [0.1, 0.15) is 24.8 Å². The Balaban J connectivity index is 2.06. The van der Waals surface area contributed by atoms with Crippen molar-refractivity contribution in [2.75, 3.05) is 5.73 Å². The van der Waals surface area contributed by atoms with Crippen molar-refractivity contribution in [2.24, 2.45) is 0 Å². The van der Waals surface area contributed by atoms with E-state index in [1.807, 2.05) is 18.2 Å². The third-order valence-corrected chi connectivity index (χ3v) is 2.62. The highest BCUT2D eigenvalue weighted by Gasteiger charge is 2.10. The van der Waals surface area contributed by atoms with Crippen LogP contribution < -0.4 is 5.73 Å². The maximum absolute atomic E-state index is 11.0. The largest absolute Gasteiger partial charge is 0.384 e. The molecule has 0 aromatic carbocycles. The minimum absolute atomic E-state index is 0.341. The SMILES string of the molecule is Nc1cc(CC2=CCC(=O)CC2)ccn1. The van der Waals surface area contributed by atoms with Crippen molar-refractivity contribution >= 4 is 11.6 Å². The summed E-state index contributed by atoms with van der Waals surface area (Å²) < 4.78 is 0. The standard InChI is InChI=1S/C12H14N2O/c13-12-8-10(5-6-14-12)7-9-1-3-11(15)4-2-9/h1,5-6,8H,2-4,7H2,(H2,13,14).